The van der Waals surface area contributed by atoms with E-state index in [-0.39, 0.29) is 5.91 Å². The van der Waals surface area contributed by atoms with E-state index < -0.39 is 11.4 Å². The zero-order chi connectivity index (χ0) is 15.6. The topological polar surface area (TPSA) is 79.5 Å². The number of benzene rings is 1. The lowest BCUT2D eigenvalue weighted by atomic mass is 9.85. The predicted octanol–water partition coefficient (Wildman–Crippen LogP) is 3.20. The fraction of sp³-hybridized carbons (Fsp3) is 0.250. The number of carbonyl (C=O) groups excluding carboxylic acids is 1. The number of nitrogens with one attached hydrogen (secondary N) is 1. The second-order valence-electron chi connectivity index (χ2n) is 5.41. The molecule has 0 atom stereocenters. The van der Waals surface area contributed by atoms with Gasteiger partial charge in [0.2, 0.25) is 0 Å². The Kier molecular flexibility index (Phi) is 3.84. The summed E-state index contributed by atoms with van der Waals surface area (Å²) in [5.74, 6) is -0.496. The van der Waals surface area contributed by atoms with Crippen LogP contribution in [-0.2, 0) is 10.2 Å². The van der Waals surface area contributed by atoms with Crippen LogP contribution in [0.15, 0.2) is 41.0 Å². The molecule has 1 heterocycles. The zero-order valence-electron chi connectivity index (χ0n) is 12.1. The van der Waals surface area contributed by atoms with Crippen LogP contribution in [0.5, 0.6) is 0 Å². The number of amides is 1. The third-order valence-electron chi connectivity index (χ3n) is 3.39. The first-order valence-corrected chi connectivity index (χ1v) is 6.51. The summed E-state index contributed by atoms with van der Waals surface area (Å²) in [5.41, 5.74) is 0.753. The van der Waals surface area contributed by atoms with E-state index in [2.05, 4.69) is 5.32 Å². The summed E-state index contributed by atoms with van der Waals surface area (Å²) in [6, 6.07) is 8.42. The molecular formula is C16H17NO4. The summed E-state index contributed by atoms with van der Waals surface area (Å²) in [6.07, 6.45) is 1.40. The molecule has 0 bridgehead atoms. The molecule has 21 heavy (non-hydrogen) atoms. The van der Waals surface area contributed by atoms with E-state index in [0.717, 1.165) is 0 Å². The minimum Gasteiger partial charge on any atom is -0.481 e. The molecule has 2 aromatic rings. The maximum Gasteiger partial charge on any atom is 0.313 e. The lowest BCUT2D eigenvalue weighted by molar-refractivity contribution is -0.142. The molecule has 1 aromatic heterocycles. The number of furan rings is 1. The normalized spacial score (nSPS) is 11.2. The SMILES string of the molecule is Cc1cc(C(=O)Nc2ccc(C(C)(C)C(=O)O)cc2)co1. The fourth-order valence-corrected chi connectivity index (χ4v) is 1.86. The number of rotatable bonds is 4. The van der Waals surface area contributed by atoms with Crippen molar-refractivity contribution in [2.45, 2.75) is 26.2 Å². The molecule has 0 aliphatic heterocycles. The van der Waals surface area contributed by atoms with E-state index in [4.69, 9.17) is 4.42 Å². The Balaban J connectivity index is 2.13. The van der Waals surface area contributed by atoms with Crippen LogP contribution in [0.4, 0.5) is 5.69 Å². The lowest BCUT2D eigenvalue weighted by Gasteiger charge is -2.19. The number of anilines is 1. The summed E-state index contributed by atoms with van der Waals surface area (Å²) >= 11 is 0. The molecule has 1 aromatic carbocycles. The van der Waals surface area contributed by atoms with Crippen molar-refractivity contribution in [1.82, 2.24) is 0 Å². The Morgan fingerprint density at radius 3 is 2.29 bits per heavy atom. The number of carboxylic acids is 1. The van der Waals surface area contributed by atoms with Gasteiger partial charge < -0.3 is 14.8 Å². The molecule has 0 saturated heterocycles. The van der Waals surface area contributed by atoms with Crippen molar-refractivity contribution in [2.75, 3.05) is 5.32 Å². The van der Waals surface area contributed by atoms with Crippen LogP contribution in [-0.4, -0.2) is 17.0 Å². The predicted molar refractivity (Wildman–Crippen MR) is 78.5 cm³/mol. The average Bonchev–Trinajstić information content (AvgIpc) is 2.86. The maximum atomic E-state index is 12.0. The van der Waals surface area contributed by atoms with Gasteiger partial charge >= 0.3 is 5.97 Å². The van der Waals surface area contributed by atoms with Gasteiger partial charge in [0.15, 0.2) is 0 Å². The van der Waals surface area contributed by atoms with Gasteiger partial charge in [-0.1, -0.05) is 12.1 Å². The van der Waals surface area contributed by atoms with Gasteiger partial charge in [-0.25, -0.2) is 0 Å². The van der Waals surface area contributed by atoms with E-state index in [1.807, 2.05) is 0 Å². The highest BCUT2D eigenvalue weighted by Gasteiger charge is 2.29. The van der Waals surface area contributed by atoms with E-state index in [9.17, 15) is 14.7 Å². The van der Waals surface area contributed by atoms with Gasteiger partial charge in [-0.15, -0.1) is 0 Å². The lowest BCUT2D eigenvalue weighted by Crippen LogP contribution is -2.28. The van der Waals surface area contributed by atoms with Gasteiger partial charge in [-0.2, -0.15) is 0 Å². The molecule has 0 spiro atoms. The smallest absolute Gasteiger partial charge is 0.313 e. The number of aliphatic carboxylic acids is 1. The second-order valence-corrected chi connectivity index (χ2v) is 5.41. The molecule has 0 radical (unpaired) electrons. The van der Waals surface area contributed by atoms with E-state index >= 15 is 0 Å². The molecule has 110 valence electrons. The Morgan fingerprint density at radius 2 is 1.81 bits per heavy atom. The van der Waals surface area contributed by atoms with E-state index in [0.29, 0.717) is 22.6 Å². The molecule has 0 aliphatic carbocycles. The van der Waals surface area contributed by atoms with Crippen LogP contribution in [0.25, 0.3) is 0 Å². The largest absolute Gasteiger partial charge is 0.481 e. The molecular weight excluding hydrogens is 270 g/mol. The van der Waals surface area contributed by atoms with E-state index in [1.54, 1.807) is 51.1 Å². The van der Waals surface area contributed by atoms with Crippen molar-refractivity contribution < 1.29 is 19.1 Å². The van der Waals surface area contributed by atoms with Gasteiger partial charge in [-0.05, 0) is 44.5 Å². The van der Waals surface area contributed by atoms with Crippen LogP contribution < -0.4 is 5.32 Å². The van der Waals surface area contributed by atoms with Crippen LogP contribution in [0, 0.1) is 6.92 Å². The average molecular weight is 287 g/mol. The first-order chi connectivity index (χ1) is 9.80. The third kappa shape index (κ3) is 3.13. The molecule has 0 saturated carbocycles. The quantitative estimate of drug-likeness (QED) is 0.905. The second kappa shape index (κ2) is 5.44. The molecule has 0 aliphatic rings. The van der Waals surface area contributed by atoms with Crippen LogP contribution in [0.1, 0.15) is 35.5 Å². The minimum absolute atomic E-state index is 0.267. The van der Waals surface area contributed by atoms with Crippen molar-refractivity contribution in [3.63, 3.8) is 0 Å². The van der Waals surface area contributed by atoms with Crippen LogP contribution >= 0.6 is 0 Å². The monoisotopic (exact) mass is 287 g/mol. The molecule has 5 nitrogen and oxygen atoms in total. The van der Waals surface area contributed by atoms with Gasteiger partial charge in [0.05, 0.1) is 11.0 Å². The summed E-state index contributed by atoms with van der Waals surface area (Å²) < 4.78 is 5.09. The van der Waals surface area contributed by atoms with Crippen molar-refractivity contribution in [3.05, 3.63) is 53.5 Å². The number of carboxylic acid groups (broad SMARTS) is 1. The van der Waals surface area contributed by atoms with Gasteiger partial charge in [0.1, 0.15) is 12.0 Å². The van der Waals surface area contributed by atoms with Crippen molar-refractivity contribution in [1.29, 1.82) is 0 Å². The molecule has 0 fully saturated rings. The molecule has 0 unspecified atom stereocenters. The Bertz CT molecular complexity index is 668. The first kappa shape index (κ1) is 14.8. The maximum absolute atomic E-state index is 12.0. The highest BCUT2D eigenvalue weighted by atomic mass is 16.4. The standard InChI is InChI=1S/C16H17NO4/c1-10-8-11(9-21-10)14(18)17-13-6-4-12(5-7-13)16(2,3)15(19)20/h4-9H,1-3H3,(H,17,18)(H,19,20). The number of carbonyl (C=O) groups is 2. The van der Waals surface area contributed by atoms with Crippen molar-refractivity contribution in [3.8, 4) is 0 Å². The zero-order valence-corrected chi connectivity index (χ0v) is 12.1. The Hall–Kier alpha value is -2.56. The molecule has 5 heteroatoms. The van der Waals surface area contributed by atoms with E-state index in [1.165, 1.54) is 6.26 Å². The number of aryl methyl sites for hydroxylation is 1. The van der Waals surface area contributed by atoms with Crippen molar-refractivity contribution >= 4 is 17.6 Å². The Labute approximate surface area is 122 Å². The summed E-state index contributed by atoms with van der Waals surface area (Å²) in [5, 5.41) is 11.9. The van der Waals surface area contributed by atoms with Crippen molar-refractivity contribution in [2.24, 2.45) is 0 Å². The first-order valence-electron chi connectivity index (χ1n) is 6.51. The number of hydrogen-bond acceptors (Lipinski definition) is 3. The van der Waals surface area contributed by atoms with Crippen LogP contribution in [0.2, 0.25) is 0 Å². The molecule has 2 rings (SSSR count). The third-order valence-corrected chi connectivity index (χ3v) is 3.39. The van der Waals surface area contributed by atoms with Crippen LogP contribution in [0.3, 0.4) is 0 Å². The minimum atomic E-state index is -0.968. The van der Waals surface area contributed by atoms with Gasteiger partial charge in [0.25, 0.3) is 5.91 Å². The summed E-state index contributed by atoms with van der Waals surface area (Å²) in [6.45, 7) is 5.04. The van der Waals surface area contributed by atoms with Gasteiger partial charge in [0, 0.05) is 5.69 Å². The molecule has 1 amide bonds. The fourth-order valence-electron chi connectivity index (χ4n) is 1.86. The molecule has 2 N–H and O–H groups in total. The summed E-state index contributed by atoms with van der Waals surface area (Å²) in [7, 11) is 0. The highest BCUT2D eigenvalue weighted by Crippen LogP contribution is 2.25. The number of hydrogen-bond donors (Lipinski definition) is 2. The highest BCUT2D eigenvalue weighted by molar-refractivity contribution is 6.04. The Morgan fingerprint density at radius 1 is 1.19 bits per heavy atom. The summed E-state index contributed by atoms with van der Waals surface area (Å²) in [4.78, 5) is 23.1. The van der Waals surface area contributed by atoms with Gasteiger partial charge in [-0.3, -0.25) is 9.59 Å².